The minimum absolute atomic E-state index is 0.0107. The molecule has 6 nitrogen and oxygen atoms in total. The highest BCUT2D eigenvalue weighted by atomic mass is 79.9. The zero-order valence-corrected chi connectivity index (χ0v) is 18.6. The molecule has 0 radical (unpaired) electrons. The van der Waals surface area contributed by atoms with Gasteiger partial charge in [-0.1, -0.05) is 28.1 Å². The molecule has 0 aromatic heterocycles. The van der Waals surface area contributed by atoms with Gasteiger partial charge in [-0.05, 0) is 61.1 Å². The average Bonchev–Trinajstić information content (AvgIpc) is 2.77. The lowest BCUT2D eigenvalue weighted by Crippen LogP contribution is -2.45. The largest absolute Gasteiger partial charge is 0.507 e. The van der Waals surface area contributed by atoms with Gasteiger partial charge in [-0.15, -0.1) is 0 Å². The Balaban J connectivity index is 1.38. The fourth-order valence-electron chi connectivity index (χ4n) is 4.40. The molecule has 2 aliphatic rings. The lowest BCUT2D eigenvalue weighted by molar-refractivity contribution is -0.0633. The number of aromatic hydroxyl groups is 1. The molecule has 2 aliphatic heterocycles. The number of carbonyl (C=O) groups excluding carboxylic acids is 1. The second kappa shape index (κ2) is 8.96. The number of halogens is 1. The van der Waals surface area contributed by atoms with Gasteiger partial charge in [0.25, 0.3) is 0 Å². The van der Waals surface area contributed by atoms with Crippen molar-refractivity contribution < 1.29 is 19.4 Å². The molecular formula is C23H27BrN2O4. The fraction of sp³-hybridized carbons (Fsp3) is 0.435. The molecule has 7 heteroatoms. The highest BCUT2D eigenvalue weighted by molar-refractivity contribution is 9.10. The number of ether oxygens (including phenoxy) is 2. The number of phenols is 1. The minimum atomic E-state index is -0.321. The van der Waals surface area contributed by atoms with Crippen molar-refractivity contribution in [3.05, 3.63) is 57.6 Å². The first kappa shape index (κ1) is 21.2. The molecule has 2 heterocycles. The van der Waals surface area contributed by atoms with E-state index in [1.165, 1.54) is 0 Å². The number of piperidine rings is 1. The predicted molar refractivity (Wildman–Crippen MR) is 118 cm³/mol. The fourth-order valence-corrected chi connectivity index (χ4v) is 4.67. The van der Waals surface area contributed by atoms with E-state index in [4.69, 9.17) is 15.2 Å². The maximum atomic E-state index is 12.5. The van der Waals surface area contributed by atoms with Gasteiger partial charge < -0.3 is 25.2 Å². The van der Waals surface area contributed by atoms with Crippen molar-refractivity contribution in [3.63, 3.8) is 0 Å². The number of rotatable bonds is 3. The Morgan fingerprint density at radius 1 is 1.23 bits per heavy atom. The summed E-state index contributed by atoms with van der Waals surface area (Å²) in [7, 11) is 0. The van der Waals surface area contributed by atoms with Gasteiger partial charge in [-0.3, -0.25) is 0 Å². The highest BCUT2D eigenvalue weighted by Crippen LogP contribution is 2.40. The third-order valence-corrected chi connectivity index (χ3v) is 6.70. The van der Waals surface area contributed by atoms with E-state index in [0.29, 0.717) is 43.5 Å². The van der Waals surface area contributed by atoms with Crippen molar-refractivity contribution in [2.45, 2.75) is 38.4 Å². The molecule has 0 aliphatic carbocycles. The summed E-state index contributed by atoms with van der Waals surface area (Å²) in [5.41, 5.74) is 8.78. The van der Waals surface area contributed by atoms with E-state index in [-0.39, 0.29) is 18.3 Å². The van der Waals surface area contributed by atoms with Crippen LogP contribution in [0.25, 0.3) is 0 Å². The van der Waals surface area contributed by atoms with Crippen molar-refractivity contribution >= 4 is 22.0 Å². The molecule has 4 rings (SSSR count). The maximum Gasteiger partial charge on any atom is 0.415 e. The first-order valence-corrected chi connectivity index (χ1v) is 11.1. The molecule has 0 spiro atoms. The molecule has 2 unspecified atom stereocenters. The van der Waals surface area contributed by atoms with Crippen molar-refractivity contribution in [3.8, 4) is 11.5 Å². The molecule has 0 saturated carbocycles. The lowest BCUT2D eigenvalue weighted by Gasteiger charge is -2.40. The standard InChI is InChI=1S/C23H27BrN2O4/c1-14-2-7-18-19(22(14)27)12-20(30-21(18)13-25)15-8-10-26(11-9-15)23(28)29-17-5-3-16(24)4-6-17/h2-7,15,20-21,27H,8-13,25H2,1H3. The lowest BCUT2D eigenvalue weighted by atomic mass is 9.83. The third kappa shape index (κ3) is 4.33. The van der Waals surface area contributed by atoms with Crippen LogP contribution in [0.5, 0.6) is 11.5 Å². The Morgan fingerprint density at radius 2 is 1.93 bits per heavy atom. The van der Waals surface area contributed by atoms with Gasteiger partial charge in [-0.2, -0.15) is 0 Å². The summed E-state index contributed by atoms with van der Waals surface area (Å²) in [6, 6.07) is 11.2. The number of phenolic OH excluding ortho intramolecular Hbond substituents is 1. The first-order valence-electron chi connectivity index (χ1n) is 10.4. The van der Waals surface area contributed by atoms with Crippen LogP contribution in [0.1, 0.15) is 35.6 Å². The maximum absolute atomic E-state index is 12.5. The van der Waals surface area contributed by atoms with E-state index in [2.05, 4.69) is 15.9 Å². The van der Waals surface area contributed by atoms with Crippen LogP contribution in [0.3, 0.4) is 0 Å². The van der Waals surface area contributed by atoms with Crippen LogP contribution in [0.4, 0.5) is 4.79 Å². The second-order valence-electron chi connectivity index (χ2n) is 8.05. The molecule has 3 N–H and O–H groups in total. The molecule has 160 valence electrons. The predicted octanol–water partition coefficient (Wildman–Crippen LogP) is 4.32. The van der Waals surface area contributed by atoms with Crippen LogP contribution in [0, 0.1) is 12.8 Å². The van der Waals surface area contributed by atoms with Crippen LogP contribution in [0.15, 0.2) is 40.9 Å². The number of nitrogens with two attached hydrogens (primary N) is 1. The third-order valence-electron chi connectivity index (χ3n) is 6.17. The molecule has 1 fully saturated rings. The number of fused-ring (bicyclic) bond motifs is 1. The Hall–Kier alpha value is -2.09. The van der Waals surface area contributed by atoms with Crippen LogP contribution in [0.2, 0.25) is 0 Å². The molecular weight excluding hydrogens is 448 g/mol. The zero-order valence-electron chi connectivity index (χ0n) is 17.0. The van der Waals surface area contributed by atoms with Gasteiger partial charge >= 0.3 is 6.09 Å². The summed E-state index contributed by atoms with van der Waals surface area (Å²) in [6.45, 7) is 3.54. The van der Waals surface area contributed by atoms with Crippen LogP contribution < -0.4 is 10.5 Å². The number of hydrogen-bond acceptors (Lipinski definition) is 5. The number of aryl methyl sites for hydroxylation is 1. The molecule has 0 bridgehead atoms. The van der Waals surface area contributed by atoms with Crippen LogP contribution >= 0.6 is 15.9 Å². The Bertz CT molecular complexity index is 910. The topological polar surface area (TPSA) is 85.0 Å². The van der Waals surface area contributed by atoms with Gasteiger partial charge in [0.05, 0.1) is 12.2 Å². The van der Waals surface area contributed by atoms with Crippen LogP contribution in [-0.2, 0) is 11.2 Å². The van der Waals surface area contributed by atoms with E-state index >= 15 is 0 Å². The van der Waals surface area contributed by atoms with Gasteiger partial charge in [-0.25, -0.2) is 4.79 Å². The quantitative estimate of drug-likeness (QED) is 0.691. The van der Waals surface area contributed by atoms with Gasteiger partial charge in [0.1, 0.15) is 11.5 Å². The van der Waals surface area contributed by atoms with E-state index in [0.717, 1.165) is 34.0 Å². The van der Waals surface area contributed by atoms with Crippen molar-refractivity contribution in [1.29, 1.82) is 0 Å². The highest BCUT2D eigenvalue weighted by Gasteiger charge is 2.36. The number of likely N-dealkylation sites (tertiary alicyclic amines) is 1. The number of hydrogen-bond donors (Lipinski definition) is 2. The van der Waals surface area contributed by atoms with Crippen LogP contribution in [-0.4, -0.2) is 41.8 Å². The Morgan fingerprint density at radius 3 is 2.60 bits per heavy atom. The van der Waals surface area contributed by atoms with E-state index in [1.807, 2.05) is 31.2 Å². The smallest absolute Gasteiger partial charge is 0.415 e. The van der Waals surface area contributed by atoms with Gasteiger partial charge in [0.2, 0.25) is 0 Å². The summed E-state index contributed by atoms with van der Waals surface area (Å²) >= 11 is 3.37. The minimum Gasteiger partial charge on any atom is -0.507 e. The molecule has 2 atom stereocenters. The first-order chi connectivity index (χ1) is 14.5. The number of carbonyl (C=O) groups is 1. The number of amides is 1. The average molecular weight is 475 g/mol. The Kier molecular flexibility index (Phi) is 6.32. The molecule has 1 saturated heterocycles. The molecule has 1 amide bonds. The van der Waals surface area contributed by atoms with Crippen molar-refractivity contribution in [1.82, 2.24) is 4.90 Å². The summed E-state index contributed by atoms with van der Waals surface area (Å²) in [5, 5.41) is 10.6. The van der Waals surface area contributed by atoms with Crippen molar-refractivity contribution in [2.75, 3.05) is 19.6 Å². The second-order valence-corrected chi connectivity index (χ2v) is 8.96. The number of nitrogens with zero attached hydrogens (tertiary/aromatic N) is 1. The summed E-state index contributed by atoms with van der Waals surface area (Å²) in [5.74, 6) is 1.20. The molecule has 2 aromatic carbocycles. The van der Waals surface area contributed by atoms with E-state index in [1.54, 1.807) is 17.0 Å². The monoisotopic (exact) mass is 474 g/mol. The number of benzene rings is 2. The van der Waals surface area contributed by atoms with Gasteiger partial charge in [0, 0.05) is 36.1 Å². The normalized spacial score (nSPS) is 21.9. The molecule has 30 heavy (non-hydrogen) atoms. The van der Waals surface area contributed by atoms with Crippen molar-refractivity contribution in [2.24, 2.45) is 11.7 Å². The summed E-state index contributed by atoms with van der Waals surface area (Å²) < 4.78 is 12.7. The summed E-state index contributed by atoms with van der Waals surface area (Å²) in [4.78, 5) is 14.2. The van der Waals surface area contributed by atoms with E-state index in [9.17, 15) is 9.90 Å². The zero-order chi connectivity index (χ0) is 21.3. The Labute approximate surface area is 185 Å². The SMILES string of the molecule is Cc1ccc2c(c1O)CC(C1CCN(C(=O)Oc3ccc(Br)cc3)CC1)OC2CN. The summed E-state index contributed by atoms with van der Waals surface area (Å²) in [6.07, 6.45) is 1.80. The van der Waals surface area contributed by atoms with E-state index < -0.39 is 0 Å². The molecule has 2 aromatic rings. The van der Waals surface area contributed by atoms with Gasteiger partial charge in [0.15, 0.2) is 0 Å².